The van der Waals surface area contributed by atoms with E-state index < -0.39 is 0 Å². The Morgan fingerprint density at radius 1 is 1.35 bits per heavy atom. The Balaban J connectivity index is 1.94. The minimum Gasteiger partial charge on any atom is -0.383 e. The highest BCUT2D eigenvalue weighted by atomic mass is 16.5. The van der Waals surface area contributed by atoms with Crippen LogP contribution in [-0.2, 0) is 4.74 Å². The molecule has 0 saturated heterocycles. The van der Waals surface area contributed by atoms with Crippen LogP contribution in [0.25, 0.3) is 0 Å². The molecular formula is C16H29N3O. The van der Waals surface area contributed by atoms with Gasteiger partial charge in [0, 0.05) is 25.9 Å². The second-order valence-electron chi connectivity index (χ2n) is 6.00. The third-order valence-electron chi connectivity index (χ3n) is 4.35. The molecule has 0 bridgehead atoms. The first kappa shape index (κ1) is 15.4. The van der Waals surface area contributed by atoms with Crippen molar-refractivity contribution in [1.82, 2.24) is 9.55 Å². The molecule has 1 aromatic heterocycles. The number of rotatable bonds is 7. The topological polar surface area (TPSA) is 39.1 Å². The first-order chi connectivity index (χ1) is 9.74. The number of methoxy groups -OCH3 is 1. The van der Waals surface area contributed by atoms with E-state index in [1.54, 1.807) is 7.11 Å². The van der Waals surface area contributed by atoms with E-state index in [0.717, 1.165) is 30.7 Å². The van der Waals surface area contributed by atoms with Gasteiger partial charge in [-0.05, 0) is 38.5 Å². The number of hydrogen-bond donors (Lipinski definition) is 1. The fourth-order valence-electron chi connectivity index (χ4n) is 3.31. The molecule has 1 aliphatic carbocycles. The molecule has 0 atom stereocenters. The summed E-state index contributed by atoms with van der Waals surface area (Å²) in [7, 11) is 1.73. The number of aryl methyl sites for hydroxylation is 1. The lowest BCUT2D eigenvalue weighted by Crippen LogP contribution is -2.20. The van der Waals surface area contributed by atoms with Crippen molar-refractivity contribution in [3.8, 4) is 0 Å². The second-order valence-corrected chi connectivity index (χ2v) is 6.00. The molecule has 0 unspecified atom stereocenters. The van der Waals surface area contributed by atoms with E-state index in [1.807, 2.05) is 0 Å². The highest BCUT2D eigenvalue weighted by molar-refractivity contribution is 5.29. The summed E-state index contributed by atoms with van der Waals surface area (Å²) in [4.78, 5) is 4.61. The summed E-state index contributed by atoms with van der Waals surface area (Å²) < 4.78 is 7.45. The van der Waals surface area contributed by atoms with Gasteiger partial charge >= 0.3 is 0 Å². The molecule has 0 spiro atoms. The molecular weight excluding hydrogens is 250 g/mol. The molecule has 1 N–H and O–H groups in total. The van der Waals surface area contributed by atoms with Crippen molar-refractivity contribution in [2.45, 2.75) is 58.4 Å². The van der Waals surface area contributed by atoms with Crippen molar-refractivity contribution in [2.75, 3.05) is 25.6 Å². The highest BCUT2D eigenvalue weighted by Gasteiger charge is 2.23. The van der Waals surface area contributed by atoms with Crippen LogP contribution in [0.15, 0.2) is 6.20 Å². The summed E-state index contributed by atoms with van der Waals surface area (Å²) in [5, 5.41) is 3.40. The largest absolute Gasteiger partial charge is 0.383 e. The van der Waals surface area contributed by atoms with Gasteiger partial charge in [-0.15, -0.1) is 0 Å². The third kappa shape index (κ3) is 3.98. The average molecular weight is 279 g/mol. The zero-order valence-corrected chi connectivity index (χ0v) is 13.2. The van der Waals surface area contributed by atoms with Crippen LogP contribution in [0.4, 0.5) is 5.95 Å². The monoisotopic (exact) mass is 279 g/mol. The standard InChI is InChI=1S/C16H29N3O/c1-4-5-14-6-8-15(9-7-14)19-12-13(2)18-16(19)17-10-11-20-3/h12,14-15H,4-11H2,1-3H3,(H,17,18). The van der Waals surface area contributed by atoms with Gasteiger partial charge in [-0.3, -0.25) is 0 Å². The predicted molar refractivity (Wildman–Crippen MR) is 83.2 cm³/mol. The van der Waals surface area contributed by atoms with Gasteiger partial charge in [0.05, 0.1) is 12.3 Å². The summed E-state index contributed by atoms with van der Waals surface area (Å²) in [5.41, 5.74) is 1.10. The third-order valence-corrected chi connectivity index (χ3v) is 4.35. The van der Waals surface area contributed by atoms with Crippen molar-refractivity contribution in [3.63, 3.8) is 0 Å². The summed E-state index contributed by atoms with van der Waals surface area (Å²) in [6, 6.07) is 0.620. The van der Waals surface area contributed by atoms with Crippen LogP contribution in [0.1, 0.15) is 57.2 Å². The van der Waals surface area contributed by atoms with E-state index in [9.17, 15) is 0 Å². The zero-order chi connectivity index (χ0) is 14.4. The van der Waals surface area contributed by atoms with E-state index in [4.69, 9.17) is 4.74 Å². The van der Waals surface area contributed by atoms with Gasteiger partial charge < -0.3 is 14.6 Å². The van der Waals surface area contributed by atoms with Gasteiger partial charge in [-0.25, -0.2) is 4.98 Å². The molecule has 1 aromatic rings. The van der Waals surface area contributed by atoms with E-state index in [-0.39, 0.29) is 0 Å². The minimum atomic E-state index is 0.620. The Labute approximate surface area is 122 Å². The van der Waals surface area contributed by atoms with E-state index in [2.05, 4.69) is 34.9 Å². The van der Waals surface area contributed by atoms with Gasteiger partial charge in [-0.2, -0.15) is 0 Å². The van der Waals surface area contributed by atoms with Crippen LogP contribution >= 0.6 is 0 Å². The van der Waals surface area contributed by atoms with Gasteiger partial charge in [-0.1, -0.05) is 19.8 Å². The Morgan fingerprint density at radius 2 is 2.10 bits per heavy atom. The maximum atomic E-state index is 5.10. The molecule has 0 radical (unpaired) electrons. The fraction of sp³-hybridized carbons (Fsp3) is 0.812. The van der Waals surface area contributed by atoms with Crippen molar-refractivity contribution in [3.05, 3.63) is 11.9 Å². The fourth-order valence-corrected chi connectivity index (χ4v) is 3.31. The number of hydrogen-bond acceptors (Lipinski definition) is 3. The van der Waals surface area contributed by atoms with Crippen LogP contribution in [0.3, 0.4) is 0 Å². The number of aromatic nitrogens is 2. The van der Waals surface area contributed by atoms with Crippen molar-refractivity contribution >= 4 is 5.95 Å². The van der Waals surface area contributed by atoms with Crippen LogP contribution in [0, 0.1) is 12.8 Å². The summed E-state index contributed by atoms with van der Waals surface area (Å²) in [6.07, 6.45) is 10.2. The van der Waals surface area contributed by atoms with Gasteiger partial charge in [0.25, 0.3) is 0 Å². The summed E-state index contributed by atoms with van der Waals surface area (Å²) in [5.74, 6) is 1.96. The normalized spacial score (nSPS) is 22.9. The Kier molecular flexibility index (Phi) is 5.89. The molecule has 1 fully saturated rings. The van der Waals surface area contributed by atoms with Gasteiger partial charge in [0.2, 0.25) is 5.95 Å². The van der Waals surface area contributed by atoms with E-state index in [1.165, 1.54) is 38.5 Å². The maximum absolute atomic E-state index is 5.10. The molecule has 4 heteroatoms. The number of nitrogens with one attached hydrogen (secondary N) is 1. The zero-order valence-electron chi connectivity index (χ0n) is 13.2. The van der Waals surface area contributed by atoms with Crippen LogP contribution in [-0.4, -0.2) is 29.8 Å². The lowest BCUT2D eigenvalue weighted by atomic mass is 9.83. The SMILES string of the molecule is CCCC1CCC(n2cc(C)nc2NCCOC)CC1. The predicted octanol–water partition coefficient (Wildman–Crippen LogP) is 3.78. The van der Waals surface area contributed by atoms with Gasteiger partial charge in [0.1, 0.15) is 0 Å². The second kappa shape index (κ2) is 7.67. The van der Waals surface area contributed by atoms with Crippen molar-refractivity contribution < 1.29 is 4.74 Å². The maximum Gasteiger partial charge on any atom is 0.203 e. The van der Waals surface area contributed by atoms with Gasteiger partial charge in [0.15, 0.2) is 0 Å². The molecule has 20 heavy (non-hydrogen) atoms. The lowest BCUT2D eigenvalue weighted by Gasteiger charge is -2.30. The van der Waals surface area contributed by atoms with Crippen LogP contribution in [0.2, 0.25) is 0 Å². The Hall–Kier alpha value is -1.03. The van der Waals surface area contributed by atoms with Crippen molar-refractivity contribution in [1.29, 1.82) is 0 Å². The lowest BCUT2D eigenvalue weighted by molar-refractivity contribution is 0.210. The molecule has 0 aliphatic heterocycles. The van der Waals surface area contributed by atoms with Crippen molar-refractivity contribution in [2.24, 2.45) is 5.92 Å². The molecule has 114 valence electrons. The first-order valence-electron chi connectivity index (χ1n) is 8.02. The molecule has 2 rings (SSSR count). The molecule has 1 heterocycles. The van der Waals surface area contributed by atoms with E-state index in [0.29, 0.717) is 6.04 Å². The summed E-state index contributed by atoms with van der Waals surface area (Å²) in [6.45, 7) is 5.90. The Bertz CT molecular complexity index is 394. The first-order valence-corrected chi connectivity index (χ1v) is 8.02. The van der Waals surface area contributed by atoms with Crippen LogP contribution < -0.4 is 5.32 Å². The molecule has 1 aliphatic rings. The highest BCUT2D eigenvalue weighted by Crippen LogP contribution is 2.35. The van der Waals surface area contributed by atoms with E-state index >= 15 is 0 Å². The smallest absolute Gasteiger partial charge is 0.203 e. The summed E-state index contributed by atoms with van der Waals surface area (Å²) >= 11 is 0. The number of ether oxygens (including phenoxy) is 1. The average Bonchev–Trinajstić information content (AvgIpc) is 2.81. The quantitative estimate of drug-likeness (QED) is 0.772. The number of anilines is 1. The Morgan fingerprint density at radius 3 is 2.75 bits per heavy atom. The molecule has 4 nitrogen and oxygen atoms in total. The number of imidazole rings is 1. The molecule has 1 saturated carbocycles. The number of nitrogens with zero attached hydrogens (tertiary/aromatic N) is 2. The minimum absolute atomic E-state index is 0.620. The molecule has 0 aromatic carbocycles. The molecule has 0 amide bonds. The van der Waals surface area contributed by atoms with Crippen LogP contribution in [0.5, 0.6) is 0 Å².